The van der Waals surface area contributed by atoms with E-state index in [4.69, 9.17) is 4.52 Å². The van der Waals surface area contributed by atoms with Crippen molar-refractivity contribution in [3.63, 3.8) is 0 Å². The first-order chi connectivity index (χ1) is 16.0. The highest BCUT2D eigenvalue weighted by Crippen LogP contribution is 2.31. The van der Waals surface area contributed by atoms with Crippen molar-refractivity contribution < 1.29 is 14.2 Å². The van der Waals surface area contributed by atoms with Gasteiger partial charge in [-0.3, -0.25) is 25.8 Å². The van der Waals surface area contributed by atoms with E-state index in [2.05, 4.69) is 31.3 Å². The summed E-state index contributed by atoms with van der Waals surface area (Å²) in [5.74, 6) is -0.586. The van der Waals surface area contributed by atoms with Gasteiger partial charge in [0.05, 0.1) is 10.8 Å². The molecule has 0 aliphatic carbocycles. The molecule has 0 atom stereocenters. The van der Waals surface area contributed by atoms with Crippen LogP contribution in [-0.2, 0) is 4.79 Å². The number of carbonyl (C=O) groups excluding carboxylic acids is 1. The van der Waals surface area contributed by atoms with Crippen LogP contribution in [0.25, 0.3) is 0 Å². The predicted molar refractivity (Wildman–Crippen MR) is 120 cm³/mol. The highest BCUT2D eigenvalue weighted by molar-refractivity contribution is 5.88. The van der Waals surface area contributed by atoms with Gasteiger partial charge in [-0.1, -0.05) is 65.8 Å². The van der Waals surface area contributed by atoms with E-state index in [1.807, 2.05) is 60.7 Å². The Morgan fingerprint density at radius 1 is 1.00 bits per heavy atom. The van der Waals surface area contributed by atoms with Gasteiger partial charge >= 0.3 is 5.69 Å². The van der Waals surface area contributed by atoms with Crippen LogP contribution >= 0.6 is 0 Å². The number of anilines is 3. The van der Waals surface area contributed by atoms with Crippen molar-refractivity contribution in [1.29, 1.82) is 0 Å². The van der Waals surface area contributed by atoms with E-state index in [9.17, 15) is 14.9 Å². The molecule has 33 heavy (non-hydrogen) atoms. The molecule has 0 saturated carbocycles. The van der Waals surface area contributed by atoms with Gasteiger partial charge in [0.2, 0.25) is 17.5 Å². The quantitative estimate of drug-likeness (QED) is 0.273. The summed E-state index contributed by atoms with van der Waals surface area (Å²) in [7, 11) is 0. The smallest absolute Gasteiger partial charge is 0.355 e. The van der Waals surface area contributed by atoms with Crippen LogP contribution in [0.2, 0.25) is 0 Å². The highest BCUT2D eigenvalue weighted by atomic mass is 16.6. The fraction of sp³-hybridized carbons (Fsp3) is 0.0909. The second kappa shape index (κ2) is 9.56. The largest absolute Gasteiger partial charge is 0.360 e. The lowest BCUT2D eigenvalue weighted by molar-refractivity contribution is -0.383. The summed E-state index contributed by atoms with van der Waals surface area (Å²) in [6.45, 7) is 1.69. The Bertz CT molecular complexity index is 1220. The van der Waals surface area contributed by atoms with Crippen molar-refractivity contribution >= 4 is 29.0 Å². The first-order valence-electron chi connectivity index (χ1n) is 9.88. The molecule has 0 saturated heterocycles. The molecule has 0 fully saturated rings. The number of nitro groups is 1. The molecule has 0 aliphatic heterocycles. The summed E-state index contributed by atoms with van der Waals surface area (Å²) in [6, 6.07) is 20.0. The first-order valence-corrected chi connectivity index (χ1v) is 9.88. The summed E-state index contributed by atoms with van der Waals surface area (Å²) < 4.78 is 4.96. The minimum Gasteiger partial charge on any atom is -0.360 e. The second-order valence-electron chi connectivity index (χ2n) is 6.99. The van der Waals surface area contributed by atoms with Crippen LogP contribution in [0, 0.1) is 17.0 Å². The van der Waals surface area contributed by atoms with Crippen LogP contribution in [0.5, 0.6) is 0 Å². The number of carbonyl (C=O) groups is 1. The number of hydrogen-bond acceptors (Lipinski definition) is 9. The van der Waals surface area contributed by atoms with E-state index < -0.39 is 22.4 Å². The fourth-order valence-corrected chi connectivity index (χ4v) is 3.26. The van der Waals surface area contributed by atoms with Gasteiger partial charge < -0.3 is 9.84 Å². The molecule has 4 aromatic rings. The number of aromatic nitrogens is 3. The number of hydrazine groups is 1. The Morgan fingerprint density at radius 3 is 2.15 bits per heavy atom. The zero-order valence-corrected chi connectivity index (χ0v) is 17.4. The fourth-order valence-electron chi connectivity index (χ4n) is 3.26. The van der Waals surface area contributed by atoms with E-state index in [1.54, 1.807) is 13.0 Å². The van der Waals surface area contributed by atoms with Gasteiger partial charge in [-0.25, -0.2) is 9.97 Å². The van der Waals surface area contributed by atoms with Crippen molar-refractivity contribution in [3.8, 4) is 0 Å². The monoisotopic (exact) mass is 445 g/mol. The summed E-state index contributed by atoms with van der Waals surface area (Å²) in [5, 5.41) is 18.2. The molecule has 3 N–H and O–H groups in total. The molecule has 0 unspecified atom stereocenters. The molecule has 2 aromatic heterocycles. The number of benzene rings is 2. The lowest BCUT2D eigenvalue weighted by Gasteiger charge is -2.18. The zero-order chi connectivity index (χ0) is 23.2. The third-order valence-corrected chi connectivity index (χ3v) is 4.71. The molecule has 166 valence electrons. The molecule has 0 spiro atoms. The predicted octanol–water partition coefficient (Wildman–Crippen LogP) is 3.70. The lowest BCUT2D eigenvalue weighted by atomic mass is 9.91. The van der Waals surface area contributed by atoms with E-state index in [-0.39, 0.29) is 17.5 Å². The summed E-state index contributed by atoms with van der Waals surface area (Å²) in [4.78, 5) is 32.1. The van der Waals surface area contributed by atoms with Gasteiger partial charge in [0.15, 0.2) is 5.82 Å². The van der Waals surface area contributed by atoms with Crippen LogP contribution in [-0.4, -0.2) is 26.0 Å². The number of aryl methyl sites for hydroxylation is 1. The molecule has 4 rings (SSSR count). The SMILES string of the molecule is Cc1cc(Nc2ncnc(NNC(=O)C(c3ccccc3)c3ccccc3)c2[N+](=O)[O-])no1. The van der Waals surface area contributed by atoms with Crippen LogP contribution in [0.15, 0.2) is 77.6 Å². The number of rotatable bonds is 8. The molecule has 1 amide bonds. The number of nitrogens with one attached hydrogen (secondary N) is 3. The van der Waals surface area contributed by atoms with Crippen LogP contribution < -0.4 is 16.2 Å². The maximum atomic E-state index is 13.2. The number of hydrogen-bond donors (Lipinski definition) is 3. The standard InChI is InChI=1S/C22H19N7O4/c1-14-12-17(28-33-14)25-20-19(29(31)32)21(24-13-23-20)26-27-22(30)18(15-8-4-2-5-9-15)16-10-6-3-7-11-16/h2-13,18H,1H3,(H,27,30)(H2,23,24,25,26,28). The third kappa shape index (κ3) is 4.93. The number of amides is 1. The van der Waals surface area contributed by atoms with E-state index in [0.29, 0.717) is 5.76 Å². The highest BCUT2D eigenvalue weighted by Gasteiger charge is 2.26. The lowest BCUT2D eigenvalue weighted by Crippen LogP contribution is -2.35. The number of nitrogens with zero attached hydrogens (tertiary/aromatic N) is 4. The van der Waals surface area contributed by atoms with Crippen LogP contribution in [0.4, 0.5) is 23.1 Å². The topological polar surface area (TPSA) is 148 Å². The normalized spacial score (nSPS) is 10.6. The molecule has 2 heterocycles. The summed E-state index contributed by atoms with van der Waals surface area (Å²) in [6.07, 6.45) is 1.13. The first kappa shape index (κ1) is 21.4. The van der Waals surface area contributed by atoms with Gasteiger partial charge in [-0.15, -0.1) is 0 Å². The summed E-state index contributed by atoms with van der Waals surface area (Å²) in [5.41, 5.74) is 6.18. The van der Waals surface area contributed by atoms with Crippen LogP contribution in [0.1, 0.15) is 22.8 Å². The third-order valence-electron chi connectivity index (χ3n) is 4.71. The van der Waals surface area contributed by atoms with Crippen molar-refractivity contribution in [2.24, 2.45) is 0 Å². The minimum atomic E-state index is -0.657. The Kier molecular flexibility index (Phi) is 6.21. The Labute approximate surface area is 188 Å². The molecule has 0 aliphatic rings. The zero-order valence-electron chi connectivity index (χ0n) is 17.4. The van der Waals surface area contributed by atoms with Gasteiger partial charge in [0.1, 0.15) is 12.1 Å². The van der Waals surface area contributed by atoms with Gasteiger partial charge in [0.25, 0.3) is 0 Å². The molecular formula is C22H19N7O4. The average molecular weight is 445 g/mol. The van der Waals surface area contributed by atoms with E-state index in [0.717, 1.165) is 17.5 Å². The minimum absolute atomic E-state index is 0.109. The Hall–Kier alpha value is -4.80. The molecule has 0 bridgehead atoms. The Morgan fingerprint density at radius 2 is 1.61 bits per heavy atom. The molecular weight excluding hydrogens is 426 g/mol. The molecule has 0 radical (unpaired) electrons. The molecule has 2 aromatic carbocycles. The van der Waals surface area contributed by atoms with E-state index >= 15 is 0 Å². The molecule has 11 heteroatoms. The van der Waals surface area contributed by atoms with Crippen LogP contribution in [0.3, 0.4) is 0 Å². The Balaban J connectivity index is 1.59. The maximum Gasteiger partial charge on any atom is 0.355 e. The molecule has 11 nitrogen and oxygen atoms in total. The van der Waals surface area contributed by atoms with Crippen molar-refractivity contribution in [3.05, 3.63) is 100 Å². The maximum absolute atomic E-state index is 13.2. The van der Waals surface area contributed by atoms with Gasteiger partial charge in [-0.2, -0.15) is 0 Å². The van der Waals surface area contributed by atoms with Crippen molar-refractivity contribution in [2.75, 3.05) is 10.7 Å². The van der Waals surface area contributed by atoms with E-state index in [1.165, 1.54) is 0 Å². The van der Waals surface area contributed by atoms with Crippen molar-refractivity contribution in [1.82, 2.24) is 20.6 Å². The summed E-state index contributed by atoms with van der Waals surface area (Å²) >= 11 is 0. The second-order valence-corrected chi connectivity index (χ2v) is 6.99. The average Bonchev–Trinajstić information content (AvgIpc) is 3.23. The van der Waals surface area contributed by atoms with Crippen molar-refractivity contribution in [2.45, 2.75) is 12.8 Å². The van der Waals surface area contributed by atoms with Gasteiger partial charge in [-0.05, 0) is 18.1 Å². The van der Waals surface area contributed by atoms with Gasteiger partial charge in [0, 0.05) is 6.07 Å².